The molecule has 0 spiro atoms. The number of nitrogens with zero attached hydrogens (tertiary/aromatic N) is 1. The molecule has 0 aromatic rings. The molecule has 9 nitrogen and oxygen atoms in total. The fraction of sp³-hybridized carbons (Fsp3) is 0.808. The molecule has 0 aromatic heterocycles. The number of alkyl halides is 2. The number of nitrogens with one attached hydrogen (secondary N) is 2. The number of nitrogens with two attached hydrogens (primary N) is 1. The Morgan fingerprint density at radius 1 is 0.757 bits per heavy atom. The van der Waals surface area contributed by atoms with Crippen LogP contribution in [0.2, 0.25) is 0 Å². The zero-order chi connectivity index (χ0) is 29.2. The Kier molecular flexibility index (Phi) is 14.1. The minimum absolute atomic E-state index is 0.0139. The quantitative estimate of drug-likeness (QED) is 0.296. The molecule has 0 fully saturated rings. The molecule has 0 heterocycles. The molecule has 3 atom stereocenters. The van der Waals surface area contributed by atoms with Crippen molar-refractivity contribution < 1.29 is 32.8 Å². The summed E-state index contributed by atoms with van der Waals surface area (Å²) in [4.78, 5) is 65.7. The smallest absolute Gasteiger partial charge is 0.319 e. The van der Waals surface area contributed by atoms with Crippen LogP contribution >= 0.6 is 0 Å². The van der Waals surface area contributed by atoms with Crippen LogP contribution in [-0.4, -0.2) is 64.9 Å². The van der Waals surface area contributed by atoms with Gasteiger partial charge in [-0.1, -0.05) is 55.4 Å². The standard InChI is InChI=1S/C26H46F2N4O5/c1-14(2)10-19(23(35)26(27,28)13-29)32(24(36)18(9)30-20(33)11-15(3)4)25(37)22(17(7)8)31-21(34)12-16(5)6/h14-19,22H,10-13,29H2,1-9H3,(H,30,33)(H,31,34). The molecule has 11 heteroatoms. The summed E-state index contributed by atoms with van der Waals surface area (Å²) >= 11 is 0. The van der Waals surface area contributed by atoms with E-state index in [2.05, 4.69) is 10.6 Å². The Labute approximate surface area is 219 Å². The fourth-order valence-electron chi connectivity index (χ4n) is 3.74. The molecule has 0 saturated heterocycles. The van der Waals surface area contributed by atoms with E-state index in [1.54, 1.807) is 41.5 Å². The minimum Gasteiger partial charge on any atom is -0.345 e. The molecule has 0 aliphatic carbocycles. The highest BCUT2D eigenvalue weighted by Gasteiger charge is 2.49. The largest absolute Gasteiger partial charge is 0.345 e. The molecule has 214 valence electrons. The van der Waals surface area contributed by atoms with Crippen LogP contribution in [0.4, 0.5) is 8.78 Å². The maximum atomic E-state index is 14.5. The number of imide groups is 1. The monoisotopic (exact) mass is 532 g/mol. The van der Waals surface area contributed by atoms with Gasteiger partial charge in [0.1, 0.15) is 18.1 Å². The van der Waals surface area contributed by atoms with Gasteiger partial charge < -0.3 is 16.4 Å². The highest BCUT2D eigenvalue weighted by molar-refractivity contribution is 6.07. The van der Waals surface area contributed by atoms with E-state index < -0.39 is 65.9 Å². The summed E-state index contributed by atoms with van der Waals surface area (Å²) in [5.41, 5.74) is 5.15. The van der Waals surface area contributed by atoms with Crippen LogP contribution in [0.3, 0.4) is 0 Å². The van der Waals surface area contributed by atoms with Crippen LogP contribution in [0.1, 0.15) is 81.6 Å². The first kappa shape index (κ1) is 34.6. The Morgan fingerprint density at radius 3 is 1.59 bits per heavy atom. The summed E-state index contributed by atoms with van der Waals surface area (Å²) in [6.45, 7) is 13.8. The summed E-state index contributed by atoms with van der Waals surface area (Å²) in [7, 11) is 0. The summed E-state index contributed by atoms with van der Waals surface area (Å²) < 4.78 is 29.1. The number of ketones is 1. The maximum Gasteiger partial charge on any atom is 0.319 e. The van der Waals surface area contributed by atoms with Crippen molar-refractivity contribution in [3.63, 3.8) is 0 Å². The fourth-order valence-corrected chi connectivity index (χ4v) is 3.74. The van der Waals surface area contributed by atoms with E-state index in [0.717, 1.165) is 0 Å². The van der Waals surface area contributed by atoms with Crippen LogP contribution < -0.4 is 16.4 Å². The number of Topliss-reactive ketones (excluding diaryl/α,β-unsaturated/α-hetero) is 1. The van der Waals surface area contributed by atoms with Gasteiger partial charge in [-0.25, -0.2) is 0 Å². The third-order valence-electron chi connectivity index (χ3n) is 5.59. The molecule has 0 aromatic carbocycles. The van der Waals surface area contributed by atoms with Gasteiger partial charge >= 0.3 is 5.92 Å². The number of rotatable bonds is 15. The summed E-state index contributed by atoms with van der Waals surface area (Å²) in [5, 5.41) is 5.08. The lowest BCUT2D eigenvalue weighted by atomic mass is 9.92. The molecule has 37 heavy (non-hydrogen) atoms. The molecule has 0 rings (SSSR count). The lowest BCUT2D eigenvalue weighted by molar-refractivity contribution is -0.162. The first-order valence-corrected chi connectivity index (χ1v) is 12.9. The number of amides is 4. The topological polar surface area (TPSA) is 139 Å². The van der Waals surface area contributed by atoms with Gasteiger partial charge in [0, 0.05) is 12.8 Å². The van der Waals surface area contributed by atoms with Crippen molar-refractivity contribution in [3.8, 4) is 0 Å². The normalized spacial score (nSPS) is 14.5. The number of carbonyl (C=O) groups excluding carboxylic acids is 5. The van der Waals surface area contributed by atoms with E-state index in [1.165, 1.54) is 6.92 Å². The third-order valence-corrected chi connectivity index (χ3v) is 5.59. The van der Waals surface area contributed by atoms with E-state index in [1.807, 2.05) is 13.8 Å². The molecule has 0 radical (unpaired) electrons. The van der Waals surface area contributed by atoms with E-state index >= 15 is 0 Å². The van der Waals surface area contributed by atoms with Crippen LogP contribution in [0.5, 0.6) is 0 Å². The van der Waals surface area contributed by atoms with E-state index in [-0.39, 0.29) is 37.0 Å². The van der Waals surface area contributed by atoms with Crippen LogP contribution in [-0.2, 0) is 24.0 Å². The predicted octanol–water partition coefficient (Wildman–Crippen LogP) is 2.66. The molecule has 0 saturated carbocycles. The second kappa shape index (κ2) is 15.1. The van der Waals surface area contributed by atoms with Gasteiger partial charge in [-0.3, -0.25) is 28.9 Å². The lowest BCUT2D eigenvalue weighted by Gasteiger charge is -2.37. The summed E-state index contributed by atoms with van der Waals surface area (Å²) in [6, 6.07) is -4.39. The summed E-state index contributed by atoms with van der Waals surface area (Å²) in [6.07, 6.45) is -0.0416. The summed E-state index contributed by atoms with van der Waals surface area (Å²) in [5.74, 6) is -9.50. The van der Waals surface area contributed by atoms with Crippen LogP contribution in [0.15, 0.2) is 0 Å². The van der Waals surface area contributed by atoms with Gasteiger partial charge in [-0.05, 0) is 37.0 Å². The molecule has 0 aliphatic rings. The Hall–Kier alpha value is -2.43. The number of hydrogen-bond acceptors (Lipinski definition) is 6. The van der Waals surface area contributed by atoms with Crippen molar-refractivity contribution in [1.82, 2.24) is 15.5 Å². The minimum atomic E-state index is -3.99. The average molecular weight is 533 g/mol. The van der Waals surface area contributed by atoms with Gasteiger partial charge in [-0.15, -0.1) is 0 Å². The molecule has 3 unspecified atom stereocenters. The van der Waals surface area contributed by atoms with Crippen molar-refractivity contribution in [3.05, 3.63) is 0 Å². The molecule has 4 amide bonds. The van der Waals surface area contributed by atoms with Gasteiger partial charge in [0.15, 0.2) is 0 Å². The molecule has 0 bridgehead atoms. The van der Waals surface area contributed by atoms with Crippen molar-refractivity contribution in [2.24, 2.45) is 29.4 Å². The third kappa shape index (κ3) is 11.2. The van der Waals surface area contributed by atoms with Crippen molar-refractivity contribution in [1.29, 1.82) is 0 Å². The average Bonchev–Trinajstić information content (AvgIpc) is 2.74. The number of halogens is 2. The Bertz CT molecular complexity index is 815. The second-order valence-corrected chi connectivity index (χ2v) is 11.2. The zero-order valence-corrected chi connectivity index (χ0v) is 23.7. The maximum absolute atomic E-state index is 14.5. The van der Waals surface area contributed by atoms with Crippen molar-refractivity contribution in [2.45, 2.75) is 106 Å². The predicted molar refractivity (Wildman–Crippen MR) is 137 cm³/mol. The van der Waals surface area contributed by atoms with E-state index in [0.29, 0.717) is 4.90 Å². The molecular formula is C26H46F2N4O5. The van der Waals surface area contributed by atoms with Crippen molar-refractivity contribution >= 4 is 29.4 Å². The second-order valence-electron chi connectivity index (χ2n) is 11.2. The van der Waals surface area contributed by atoms with E-state index in [9.17, 15) is 32.8 Å². The van der Waals surface area contributed by atoms with E-state index in [4.69, 9.17) is 5.73 Å². The van der Waals surface area contributed by atoms with Crippen molar-refractivity contribution in [2.75, 3.05) is 6.54 Å². The van der Waals surface area contributed by atoms with Crippen LogP contribution in [0, 0.1) is 23.7 Å². The molecule has 4 N–H and O–H groups in total. The lowest BCUT2D eigenvalue weighted by Crippen LogP contribution is -2.63. The number of carbonyl (C=O) groups is 5. The first-order chi connectivity index (χ1) is 16.8. The Morgan fingerprint density at radius 2 is 1.22 bits per heavy atom. The Balaban J connectivity index is 6.64. The SMILES string of the molecule is CC(C)CC(=O)NC(C)C(=O)N(C(=O)C(NC(=O)CC(C)C)C(C)C)C(CC(C)C)C(=O)C(F)(F)CN. The van der Waals surface area contributed by atoms with Gasteiger partial charge in [0.05, 0.1) is 6.54 Å². The highest BCUT2D eigenvalue weighted by Crippen LogP contribution is 2.25. The van der Waals surface area contributed by atoms with Gasteiger partial charge in [0.25, 0.3) is 11.8 Å². The number of hydrogen-bond donors (Lipinski definition) is 3. The first-order valence-electron chi connectivity index (χ1n) is 12.9. The zero-order valence-electron chi connectivity index (χ0n) is 23.7. The van der Waals surface area contributed by atoms with Gasteiger partial charge in [0.2, 0.25) is 17.6 Å². The van der Waals surface area contributed by atoms with Crippen LogP contribution in [0.25, 0.3) is 0 Å². The highest BCUT2D eigenvalue weighted by atomic mass is 19.3. The van der Waals surface area contributed by atoms with Gasteiger partial charge in [-0.2, -0.15) is 8.78 Å². The molecule has 0 aliphatic heterocycles. The molecular weight excluding hydrogens is 486 g/mol.